The molecule has 1 amide bonds. The summed E-state index contributed by atoms with van der Waals surface area (Å²) in [6.45, 7) is -0.252. The molecule has 2 aromatic rings. The highest BCUT2D eigenvalue weighted by Crippen LogP contribution is 2.17. The van der Waals surface area contributed by atoms with Crippen LogP contribution in [0.4, 0.5) is 5.69 Å². The summed E-state index contributed by atoms with van der Waals surface area (Å²) in [5, 5.41) is 13.1. The Morgan fingerprint density at radius 3 is 2.57 bits per heavy atom. The number of hydrogen-bond acceptors (Lipinski definition) is 4. The van der Waals surface area contributed by atoms with Crippen molar-refractivity contribution in [2.24, 2.45) is 0 Å². The van der Waals surface area contributed by atoms with Crippen molar-refractivity contribution < 1.29 is 14.5 Å². The Labute approximate surface area is 121 Å². The summed E-state index contributed by atoms with van der Waals surface area (Å²) in [4.78, 5) is 22.1. The monoisotopic (exact) mass is 286 g/mol. The van der Waals surface area contributed by atoms with Gasteiger partial charge in [-0.3, -0.25) is 14.9 Å². The molecule has 6 nitrogen and oxygen atoms in total. The van der Waals surface area contributed by atoms with Gasteiger partial charge in [-0.15, -0.1) is 0 Å². The minimum absolute atomic E-state index is 0.252. The molecule has 0 heterocycles. The minimum Gasteiger partial charge on any atom is -0.497 e. The Hall–Kier alpha value is -2.89. The fraction of sp³-hybridized carbons (Fsp3) is 0.133. The van der Waals surface area contributed by atoms with Crippen molar-refractivity contribution in [1.29, 1.82) is 0 Å². The lowest BCUT2D eigenvalue weighted by Gasteiger charge is -2.07. The fourth-order valence-corrected chi connectivity index (χ4v) is 1.81. The molecule has 0 aromatic heterocycles. The van der Waals surface area contributed by atoms with Gasteiger partial charge < -0.3 is 10.1 Å². The van der Waals surface area contributed by atoms with Crippen molar-refractivity contribution in [3.05, 3.63) is 69.8 Å². The molecule has 6 heteroatoms. The van der Waals surface area contributed by atoms with Crippen molar-refractivity contribution in [3.63, 3.8) is 0 Å². The number of nitrogens with one attached hydrogen (secondary N) is 1. The van der Waals surface area contributed by atoms with Crippen LogP contribution in [0.25, 0.3) is 0 Å². The number of methoxy groups -OCH3 is 1. The number of nitrogens with zero attached hydrogens (tertiary/aromatic N) is 1. The van der Waals surface area contributed by atoms with E-state index >= 15 is 0 Å². The van der Waals surface area contributed by atoms with E-state index in [2.05, 4.69) is 5.32 Å². The summed E-state index contributed by atoms with van der Waals surface area (Å²) in [7, 11) is 1.55. The highest BCUT2D eigenvalue weighted by Gasteiger charge is 2.08. The van der Waals surface area contributed by atoms with Crippen LogP contribution in [0, 0.1) is 10.1 Å². The molecule has 0 saturated heterocycles. The van der Waals surface area contributed by atoms with Gasteiger partial charge in [0.15, 0.2) is 0 Å². The van der Waals surface area contributed by atoms with Gasteiger partial charge >= 0.3 is 0 Å². The second-order valence-corrected chi connectivity index (χ2v) is 4.37. The van der Waals surface area contributed by atoms with E-state index in [1.54, 1.807) is 55.6 Å². The zero-order valence-electron chi connectivity index (χ0n) is 11.4. The first-order valence-corrected chi connectivity index (χ1v) is 6.24. The first kappa shape index (κ1) is 14.5. The molecule has 108 valence electrons. The van der Waals surface area contributed by atoms with Gasteiger partial charge in [-0.05, 0) is 24.3 Å². The number of hydrogen-bond donors (Lipinski definition) is 1. The molecule has 1 N–H and O–H groups in total. The third-order valence-electron chi connectivity index (χ3n) is 2.86. The van der Waals surface area contributed by atoms with Crippen molar-refractivity contribution in [3.8, 4) is 5.75 Å². The van der Waals surface area contributed by atoms with Gasteiger partial charge in [-0.2, -0.15) is 0 Å². The number of amides is 1. The summed E-state index contributed by atoms with van der Waals surface area (Å²) in [6.07, 6.45) is 0. The van der Waals surface area contributed by atoms with Gasteiger partial charge in [0.1, 0.15) is 5.75 Å². The number of benzene rings is 2. The topological polar surface area (TPSA) is 81.5 Å². The summed E-state index contributed by atoms with van der Waals surface area (Å²) in [5.41, 5.74) is 1.61. The lowest BCUT2D eigenvalue weighted by Crippen LogP contribution is -2.12. The molecule has 2 rings (SSSR count). The maximum absolute atomic E-state index is 12.1. The van der Waals surface area contributed by atoms with E-state index in [0.29, 0.717) is 22.6 Å². The summed E-state index contributed by atoms with van der Waals surface area (Å²) in [6, 6.07) is 13.3. The second-order valence-electron chi connectivity index (χ2n) is 4.37. The Balaban J connectivity index is 2.07. The quantitative estimate of drug-likeness (QED) is 0.676. The molecule has 2 aromatic carbocycles. The second kappa shape index (κ2) is 6.51. The zero-order chi connectivity index (χ0) is 15.2. The molecule has 21 heavy (non-hydrogen) atoms. The van der Waals surface area contributed by atoms with Gasteiger partial charge in [0.2, 0.25) is 6.54 Å². The summed E-state index contributed by atoms with van der Waals surface area (Å²) in [5.74, 6) is 0.366. The van der Waals surface area contributed by atoms with Crippen molar-refractivity contribution in [2.45, 2.75) is 6.54 Å². The van der Waals surface area contributed by atoms with Crippen LogP contribution in [-0.2, 0) is 6.54 Å². The molecule has 0 aliphatic carbocycles. The predicted molar refractivity (Wildman–Crippen MR) is 78.1 cm³/mol. The molecule has 0 unspecified atom stereocenters. The third kappa shape index (κ3) is 4.04. The normalized spacial score (nSPS) is 9.95. The average Bonchev–Trinajstić information content (AvgIpc) is 2.47. The number of anilines is 1. The standard InChI is InChI=1S/C15H14N2O4/c1-21-14-4-2-3-13(9-14)16-15(18)12-7-5-11(6-8-12)10-17(19)20/h2-9H,10H2,1H3,(H,16,18). The molecule has 0 aliphatic rings. The first-order valence-electron chi connectivity index (χ1n) is 6.24. The smallest absolute Gasteiger partial charge is 0.255 e. The van der Waals surface area contributed by atoms with Gasteiger partial charge in [-0.1, -0.05) is 18.2 Å². The van der Waals surface area contributed by atoms with Crippen LogP contribution in [0.5, 0.6) is 5.75 Å². The highest BCUT2D eigenvalue weighted by atomic mass is 16.6. The van der Waals surface area contributed by atoms with Crippen LogP contribution in [0.2, 0.25) is 0 Å². The van der Waals surface area contributed by atoms with Gasteiger partial charge in [0.25, 0.3) is 5.91 Å². The largest absolute Gasteiger partial charge is 0.497 e. The summed E-state index contributed by atoms with van der Waals surface area (Å²) >= 11 is 0. The molecule has 0 saturated carbocycles. The summed E-state index contributed by atoms with van der Waals surface area (Å²) < 4.78 is 5.08. The SMILES string of the molecule is COc1cccc(NC(=O)c2ccc(C[N+](=O)[O-])cc2)c1. The maximum atomic E-state index is 12.1. The zero-order valence-corrected chi connectivity index (χ0v) is 11.4. The molecule has 0 atom stereocenters. The molecule has 0 fully saturated rings. The molecule has 0 spiro atoms. The average molecular weight is 286 g/mol. The van der Waals surface area contributed by atoms with Crippen LogP contribution in [0.15, 0.2) is 48.5 Å². The Bertz CT molecular complexity index is 653. The van der Waals surface area contributed by atoms with Gasteiger partial charge in [0, 0.05) is 27.8 Å². The lowest BCUT2D eigenvalue weighted by molar-refractivity contribution is -0.496. The van der Waals surface area contributed by atoms with Crippen molar-refractivity contribution in [2.75, 3.05) is 12.4 Å². The van der Waals surface area contributed by atoms with E-state index in [9.17, 15) is 14.9 Å². The van der Waals surface area contributed by atoms with E-state index in [1.165, 1.54) is 0 Å². The van der Waals surface area contributed by atoms with E-state index < -0.39 is 4.92 Å². The van der Waals surface area contributed by atoms with E-state index in [-0.39, 0.29) is 12.5 Å². The van der Waals surface area contributed by atoms with Crippen LogP contribution in [-0.4, -0.2) is 17.9 Å². The Morgan fingerprint density at radius 1 is 1.24 bits per heavy atom. The van der Waals surface area contributed by atoms with Crippen LogP contribution in [0.1, 0.15) is 15.9 Å². The van der Waals surface area contributed by atoms with Gasteiger partial charge in [-0.25, -0.2) is 0 Å². The Morgan fingerprint density at radius 2 is 1.95 bits per heavy atom. The van der Waals surface area contributed by atoms with E-state index in [0.717, 1.165) is 0 Å². The number of carbonyl (C=O) groups is 1. The number of nitro groups is 1. The minimum atomic E-state index is -0.411. The Kier molecular flexibility index (Phi) is 4.50. The van der Waals surface area contributed by atoms with Crippen molar-refractivity contribution in [1.82, 2.24) is 0 Å². The van der Waals surface area contributed by atoms with Crippen LogP contribution < -0.4 is 10.1 Å². The van der Waals surface area contributed by atoms with Crippen molar-refractivity contribution >= 4 is 11.6 Å². The maximum Gasteiger partial charge on any atom is 0.255 e. The molecular weight excluding hydrogens is 272 g/mol. The van der Waals surface area contributed by atoms with Crippen LogP contribution >= 0.6 is 0 Å². The first-order chi connectivity index (χ1) is 10.1. The lowest BCUT2D eigenvalue weighted by atomic mass is 10.1. The number of ether oxygens (including phenoxy) is 1. The van der Waals surface area contributed by atoms with Crippen LogP contribution in [0.3, 0.4) is 0 Å². The molecule has 0 radical (unpaired) electrons. The molecule has 0 aliphatic heterocycles. The van der Waals surface area contributed by atoms with E-state index in [4.69, 9.17) is 4.74 Å². The highest BCUT2D eigenvalue weighted by molar-refractivity contribution is 6.04. The molecule has 0 bridgehead atoms. The van der Waals surface area contributed by atoms with Gasteiger partial charge in [0.05, 0.1) is 7.11 Å². The molecular formula is C15H14N2O4. The number of carbonyl (C=O) groups excluding carboxylic acids is 1. The number of rotatable bonds is 5. The fourth-order valence-electron chi connectivity index (χ4n) is 1.81. The third-order valence-corrected chi connectivity index (χ3v) is 2.86. The van der Waals surface area contributed by atoms with E-state index in [1.807, 2.05) is 0 Å². The predicted octanol–water partition coefficient (Wildman–Crippen LogP) is 2.72.